The third kappa shape index (κ3) is 3.51. The van der Waals surface area contributed by atoms with Crippen LogP contribution in [0.15, 0.2) is 48.5 Å². The maximum Gasteiger partial charge on any atom is 0.418 e. The highest BCUT2D eigenvalue weighted by molar-refractivity contribution is 6.30. The van der Waals surface area contributed by atoms with Gasteiger partial charge in [0.05, 0.1) is 28.9 Å². The van der Waals surface area contributed by atoms with E-state index in [1.807, 2.05) is 0 Å². The molecule has 0 unspecified atom stereocenters. The maximum atomic E-state index is 13.4. The number of esters is 1. The number of hydrogen-bond donors (Lipinski definition) is 0. The van der Waals surface area contributed by atoms with Gasteiger partial charge in [-0.1, -0.05) is 35.9 Å². The summed E-state index contributed by atoms with van der Waals surface area (Å²) < 4.78 is 45.2. The number of carbonyl (C=O) groups is 1. The van der Waals surface area contributed by atoms with Gasteiger partial charge in [0, 0.05) is 16.0 Å². The largest absolute Gasteiger partial charge is 0.462 e. The van der Waals surface area contributed by atoms with Crippen molar-refractivity contribution in [2.75, 3.05) is 6.61 Å². The van der Waals surface area contributed by atoms with Gasteiger partial charge in [0.15, 0.2) is 0 Å². The Kier molecular flexibility index (Phi) is 4.87. The Labute approximate surface area is 152 Å². The first-order valence-corrected chi connectivity index (χ1v) is 8.13. The van der Waals surface area contributed by atoms with Crippen molar-refractivity contribution in [3.05, 3.63) is 64.7 Å². The van der Waals surface area contributed by atoms with Crippen LogP contribution in [0.2, 0.25) is 5.02 Å². The van der Waals surface area contributed by atoms with Crippen molar-refractivity contribution in [2.24, 2.45) is 0 Å². The van der Waals surface area contributed by atoms with E-state index in [2.05, 4.69) is 4.98 Å². The molecule has 0 N–H and O–H groups in total. The third-order valence-electron chi connectivity index (χ3n) is 3.78. The molecule has 0 aliphatic carbocycles. The molecule has 26 heavy (non-hydrogen) atoms. The topological polar surface area (TPSA) is 39.2 Å². The van der Waals surface area contributed by atoms with E-state index in [1.165, 1.54) is 18.2 Å². The van der Waals surface area contributed by atoms with Crippen molar-refractivity contribution in [3.63, 3.8) is 0 Å². The van der Waals surface area contributed by atoms with Gasteiger partial charge in [0.25, 0.3) is 0 Å². The first kappa shape index (κ1) is 18.2. The summed E-state index contributed by atoms with van der Waals surface area (Å²) in [7, 11) is 0. The van der Waals surface area contributed by atoms with Crippen LogP contribution in [0.25, 0.3) is 22.2 Å². The number of ether oxygens (including phenoxy) is 1. The number of alkyl halides is 3. The van der Waals surface area contributed by atoms with Gasteiger partial charge in [-0.2, -0.15) is 13.2 Å². The minimum Gasteiger partial charge on any atom is -0.462 e. The predicted molar refractivity (Wildman–Crippen MR) is 93.1 cm³/mol. The Morgan fingerprint density at radius 3 is 2.46 bits per heavy atom. The Bertz CT molecular complexity index is 969. The van der Waals surface area contributed by atoms with Gasteiger partial charge in [0.2, 0.25) is 0 Å². The highest BCUT2D eigenvalue weighted by atomic mass is 35.5. The molecule has 0 atom stereocenters. The van der Waals surface area contributed by atoms with E-state index < -0.39 is 17.7 Å². The lowest BCUT2D eigenvalue weighted by molar-refractivity contribution is -0.136. The summed E-state index contributed by atoms with van der Waals surface area (Å²) in [6.07, 6.45) is -4.60. The van der Waals surface area contributed by atoms with Gasteiger partial charge in [-0.15, -0.1) is 0 Å². The number of para-hydroxylation sites is 1. The van der Waals surface area contributed by atoms with Gasteiger partial charge in [-0.05, 0) is 31.2 Å². The minimum atomic E-state index is -4.60. The molecule has 0 fully saturated rings. The number of pyridine rings is 1. The van der Waals surface area contributed by atoms with Crippen LogP contribution in [0.4, 0.5) is 13.2 Å². The zero-order valence-electron chi connectivity index (χ0n) is 13.6. The Hall–Kier alpha value is -2.60. The van der Waals surface area contributed by atoms with E-state index in [0.29, 0.717) is 10.6 Å². The quantitative estimate of drug-likeness (QED) is 0.544. The third-order valence-corrected chi connectivity index (χ3v) is 4.03. The normalized spacial score (nSPS) is 11.6. The van der Waals surface area contributed by atoms with Crippen molar-refractivity contribution in [1.82, 2.24) is 4.98 Å². The molecule has 1 heterocycles. The molecular weight excluding hydrogens is 367 g/mol. The van der Waals surface area contributed by atoms with Crippen LogP contribution in [-0.4, -0.2) is 17.6 Å². The fraction of sp³-hybridized carbons (Fsp3) is 0.158. The molecule has 3 rings (SSSR count). The summed E-state index contributed by atoms with van der Waals surface area (Å²) in [6.45, 7) is 1.74. The molecule has 1 aromatic heterocycles. The fourth-order valence-electron chi connectivity index (χ4n) is 2.62. The molecule has 3 nitrogen and oxygen atoms in total. The molecule has 0 bridgehead atoms. The second kappa shape index (κ2) is 6.96. The molecule has 3 aromatic rings. The van der Waals surface area contributed by atoms with Gasteiger partial charge in [-0.3, -0.25) is 0 Å². The van der Waals surface area contributed by atoms with Crippen molar-refractivity contribution < 1.29 is 22.7 Å². The molecule has 0 spiro atoms. The molecule has 0 saturated carbocycles. The van der Waals surface area contributed by atoms with Crippen LogP contribution in [0.1, 0.15) is 22.8 Å². The number of rotatable bonds is 3. The van der Waals surface area contributed by atoms with E-state index in [4.69, 9.17) is 16.3 Å². The highest BCUT2D eigenvalue weighted by Gasteiger charge is 2.34. The van der Waals surface area contributed by atoms with Gasteiger partial charge < -0.3 is 4.74 Å². The van der Waals surface area contributed by atoms with E-state index in [-0.39, 0.29) is 28.8 Å². The van der Waals surface area contributed by atoms with Crippen LogP contribution < -0.4 is 0 Å². The van der Waals surface area contributed by atoms with Gasteiger partial charge >= 0.3 is 12.1 Å². The molecule has 0 aliphatic heterocycles. The molecule has 0 amide bonds. The number of fused-ring (bicyclic) bond motifs is 1. The minimum absolute atomic E-state index is 0.0351. The number of benzene rings is 2. The summed E-state index contributed by atoms with van der Waals surface area (Å²) in [5.41, 5.74) is -0.396. The number of aromatic nitrogens is 1. The monoisotopic (exact) mass is 379 g/mol. The predicted octanol–water partition coefficient (Wildman–Crippen LogP) is 5.75. The maximum absolute atomic E-state index is 13.4. The standard InChI is InChI=1S/C19H13ClF3NO2/c1-2-26-18(25)14-10-16(11-6-8-12(20)9-7-11)24-17-13(14)4-3-5-15(17)19(21,22)23/h3-10H,2H2,1H3. The molecule has 2 aromatic carbocycles. The fourth-order valence-corrected chi connectivity index (χ4v) is 2.75. The number of carbonyl (C=O) groups excluding carboxylic acids is 1. The first-order chi connectivity index (χ1) is 12.3. The van der Waals surface area contributed by atoms with Crippen molar-refractivity contribution in [3.8, 4) is 11.3 Å². The van der Waals surface area contributed by atoms with E-state index in [0.717, 1.165) is 6.07 Å². The second-order valence-corrected chi connectivity index (χ2v) is 5.92. The van der Waals surface area contributed by atoms with Crippen LogP contribution in [0, 0.1) is 0 Å². The molecular formula is C19H13ClF3NO2. The summed E-state index contributed by atoms with van der Waals surface area (Å²) in [6, 6.07) is 11.5. The summed E-state index contributed by atoms with van der Waals surface area (Å²) >= 11 is 5.86. The molecule has 0 saturated heterocycles. The lowest BCUT2D eigenvalue weighted by Gasteiger charge is -2.14. The average molecular weight is 380 g/mol. The number of halogens is 4. The van der Waals surface area contributed by atoms with Crippen LogP contribution in [0.5, 0.6) is 0 Å². The number of hydrogen-bond acceptors (Lipinski definition) is 3. The zero-order chi connectivity index (χ0) is 18.9. The van der Waals surface area contributed by atoms with E-state index in [1.54, 1.807) is 31.2 Å². The Balaban J connectivity index is 2.33. The van der Waals surface area contributed by atoms with Crippen LogP contribution >= 0.6 is 11.6 Å². The number of nitrogens with zero attached hydrogens (tertiary/aromatic N) is 1. The highest BCUT2D eigenvalue weighted by Crippen LogP contribution is 2.36. The summed E-state index contributed by atoms with van der Waals surface area (Å²) in [5.74, 6) is -0.700. The molecule has 134 valence electrons. The van der Waals surface area contributed by atoms with Gasteiger partial charge in [-0.25, -0.2) is 9.78 Å². The van der Waals surface area contributed by atoms with Crippen molar-refractivity contribution in [2.45, 2.75) is 13.1 Å². The Morgan fingerprint density at radius 1 is 1.15 bits per heavy atom. The zero-order valence-corrected chi connectivity index (χ0v) is 14.4. The van der Waals surface area contributed by atoms with Crippen molar-refractivity contribution >= 4 is 28.5 Å². The van der Waals surface area contributed by atoms with E-state index in [9.17, 15) is 18.0 Å². The van der Waals surface area contributed by atoms with Crippen LogP contribution in [-0.2, 0) is 10.9 Å². The molecule has 0 radical (unpaired) electrons. The smallest absolute Gasteiger partial charge is 0.418 e. The van der Waals surface area contributed by atoms with E-state index >= 15 is 0 Å². The first-order valence-electron chi connectivity index (χ1n) is 7.75. The molecule has 0 aliphatic rings. The lowest BCUT2D eigenvalue weighted by Crippen LogP contribution is -2.10. The van der Waals surface area contributed by atoms with Crippen molar-refractivity contribution in [1.29, 1.82) is 0 Å². The second-order valence-electron chi connectivity index (χ2n) is 5.48. The SMILES string of the molecule is CCOC(=O)c1cc(-c2ccc(Cl)cc2)nc2c(C(F)(F)F)cccc12. The van der Waals surface area contributed by atoms with Gasteiger partial charge in [0.1, 0.15) is 0 Å². The Morgan fingerprint density at radius 2 is 1.85 bits per heavy atom. The van der Waals surface area contributed by atoms with Crippen LogP contribution in [0.3, 0.4) is 0 Å². The summed E-state index contributed by atoms with van der Waals surface area (Å²) in [5, 5.41) is 0.576. The summed E-state index contributed by atoms with van der Waals surface area (Å²) in [4.78, 5) is 16.5. The lowest BCUT2D eigenvalue weighted by atomic mass is 10.0. The molecule has 7 heteroatoms. The average Bonchev–Trinajstić information content (AvgIpc) is 2.60.